The molecule has 1 aliphatic heterocycles. The monoisotopic (exact) mass is 184 g/mol. The fourth-order valence-corrected chi connectivity index (χ4v) is 1.10. The second kappa shape index (κ2) is 3.90. The van der Waals surface area contributed by atoms with Gasteiger partial charge in [0.05, 0.1) is 0 Å². The van der Waals surface area contributed by atoms with Crippen LogP contribution in [0.3, 0.4) is 0 Å². The van der Waals surface area contributed by atoms with Crippen molar-refractivity contribution in [1.82, 2.24) is 0 Å². The summed E-state index contributed by atoms with van der Waals surface area (Å²) in [4.78, 5) is 0. The minimum absolute atomic E-state index is 0.525. The second-order valence-corrected chi connectivity index (χ2v) is 2.58. The molecule has 0 radical (unpaired) electrons. The Kier molecular flexibility index (Phi) is 3.07. The maximum atomic E-state index is 9.43. The number of ether oxygens (including phenoxy) is 3. The molecule has 0 spiro atoms. The van der Waals surface area contributed by atoms with Crippen LogP contribution in [0.1, 0.15) is 0 Å². The van der Waals surface area contributed by atoms with Crippen molar-refractivity contribution in [3.8, 4) is 12.3 Å². The maximum absolute atomic E-state index is 9.43. The molecule has 1 heterocycles. The van der Waals surface area contributed by atoms with Crippen LogP contribution < -0.4 is 0 Å². The molecule has 0 saturated carbocycles. The number of rotatable bonds is 3. The lowest BCUT2D eigenvalue weighted by atomic mass is 10.1. The molecule has 0 bridgehead atoms. The second-order valence-electron chi connectivity index (χ2n) is 2.58. The van der Waals surface area contributed by atoms with E-state index in [0.29, 0.717) is 0 Å². The highest BCUT2D eigenvalue weighted by atomic mass is 16.8. The molecule has 1 N–H and O–H groups in total. The quantitative estimate of drug-likeness (QED) is 0.491. The Balaban J connectivity index is 2.76. The standard InChI is InChI=1S/C9H12O4/c1-4-7(10)9(12-3)6-5-8(11-2)13-9/h1,5-8,10H,2-3H3. The fraction of sp³-hybridized carbons (Fsp3) is 0.556. The molecule has 13 heavy (non-hydrogen) atoms. The van der Waals surface area contributed by atoms with Gasteiger partial charge in [-0.2, -0.15) is 0 Å². The van der Waals surface area contributed by atoms with Crippen LogP contribution in [-0.2, 0) is 14.2 Å². The Bertz CT molecular complexity index is 242. The van der Waals surface area contributed by atoms with Gasteiger partial charge in [-0.15, -0.1) is 6.42 Å². The lowest BCUT2D eigenvalue weighted by Gasteiger charge is -2.28. The van der Waals surface area contributed by atoms with Crippen LogP contribution >= 0.6 is 0 Å². The predicted molar refractivity (Wildman–Crippen MR) is 45.6 cm³/mol. The van der Waals surface area contributed by atoms with Crippen molar-refractivity contribution >= 4 is 0 Å². The first-order valence-corrected chi connectivity index (χ1v) is 3.78. The third-order valence-corrected chi connectivity index (χ3v) is 1.88. The minimum atomic E-state index is -1.27. The summed E-state index contributed by atoms with van der Waals surface area (Å²) in [5, 5.41) is 9.43. The van der Waals surface area contributed by atoms with Crippen molar-refractivity contribution in [2.75, 3.05) is 14.2 Å². The zero-order valence-electron chi connectivity index (χ0n) is 7.56. The average Bonchev–Trinajstić information content (AvgIpc) is 2.61. The lowest BCUT2D eigenvalue weighted by molar-refractivity contribution is -0.268. The highest BCUT2D eigenvalue weighted by Crippen LogP contribution is 2.27. The van der Waals surface area contributed by atoms with Crippen LogP contribution in [0.5, 0.6) is 0 Å². The van der Waals surface area contributed by atoms with E-state index in [1.54, 1.807) is 12.2 Å². The van der Waals surface area contributed by atoms with Gasteiger partial charge in [-0.3, -0.25) is 0 Å². The molecule has 1 aliphatic rings. The van der Waals surface area contributed by atoms with Gasteiger partial charge in [0, 0.05) is 14.2 Å². The van der Waals surface area contributed by atoms with Gasteiger partial charge in [-0.05, 0) is 12.2 Å². The summed E-state index contributed by atoms with van der Waals surface area (Å²) in [5.74, 6) is 0.874. The van der Waals surface area contributed by atoms with Crippen LogP contribution in [0, 0.1) is 12.3 Å². The maximum Gasteiger partial charge on any atom is 0.228 e. The molecule has 0 aromatic carbocycles. The highest BCUT2D eigenvalue weighted by molar-refractivity contribution is 5.15. The highest BCUT2D eigenvalue weighted by Gasteiger charge is 2.42. The molecule has 0 aliphatic carbocycles. The molecular formula is C9H12O4. The van der Waals surface area contributed by atoms with Crippen molar-refractivity contribution in [3.05, 3.63) is 12.2 Å². The van der Waals surface area contributed by atoms with E-state index in [9.17, 15) is 5.11 Å². The first kappa shape index (κ1) is 10.2. The third-order valence-electron chi connectivity index (χ3n) is 1.88. The molecule has 4 heteroatoms. The fourth-order valence-electron chi connectivity index (χ4n) is 1.10. The van der Waals surface area contributed by atoms with Gasteiger partial charge in [0.15, 0.2) is 12.4 Å². The summed E-state index contributed by atoms with van der Waals surface area (Å²) in [6, 6.07) is 0. The summed E-state index contributed by atoms with van der Waals surface area (Å²) in [6.45, 7) is 0. The van der Waals surface area contributed by atoms with Crippen LogP contribution in [-0.4, -0.2) is 37.5 Å². The summed E-state index contributed by atoms with van der Waals surface area (Å²) in [6.07, 6.45) is 6.57. The summed E-state index contributed by atoms with van der Waals surface area (Å²) in [5.41, 5.74) is 0. The summed E-state index contributed by atoms with van der Waals surface area (Å²) in [7, 11) is 2.89. The third kappa shape index (κ3) is 1.74. The molecule has 0 aromatic rings. The first-order valence-electron chi connectivity index (χ1n) is 3.78. The van der Waals surface area contributed by atoms with Crippen molar-refractivity contribution < 1.29 is 19.3 Å². The molecule has 0 saturated heterocycles. The lowest BCUT2D eigenvalue weighted by Crippen LogP contribution is -2.43. The smallest absolute Gasteiger partial charge is 0.228 e. The van der Waals surface area contributed by atoms with E-state index in [1.807, 2.05) is 0 Å². The predicted octanol–water partition coefficient (Wildman–Crippen LogP) is -0.118. The Labute approximate surface area is 77.1 Å². The molecule has 0 aromatic heterocycles. The summed E-state index contributed by atoms with van der Waals surface area (Å²) >= 11 is 0. The number of hydrogen-bond donors (Lipinski definition) is 1. The Hall–Kier alpha value is -0.860. The normalized spacial score (nSPS) is 34.5. The van der Waals surface area contributed by atoms with Gasteiger partial charge in [-0.25, -0.2) is 0 Å². The molecule has 72 valence electrons. The van der Waals surface area contributed by atoms with Gasteiger partial charge in [0.1, 0.15) is 0 Å². The SMILES string of the molecule is C#CC(O)C1(OC)C=CC(OC)O1. The number of terminal acetylenes is 1. The average molecular weight is 184 g/mol. The van der Waals surface area contributed by atoms with Gasteiger partial charge < -0.3 is 19.3 Å². The molecular weight excluding hydrogens is 172 g/mol. The van der Waals surface area contributed by atoms with Crippen LogP contribution in [0.2, 0.25) is 0 Å². The van der Waals surface area contributed by atoms with Gasteiger partial charge in [-0.1, -0.05) is 5.92 Å². The molecule has 3 unspecified atom stereocenters. The summed E-state index contributed by atoms with van der Waals surface area (Å²) < 4.78 is 15.1. The molecule has 3 atom stereocenters. The zero-order valence-corrected chi connectivity index (χ0v) is 7.56. The van der Waals surface area contributed by atoms with Crippen molar-refractivity contribution in [1.29, 1.82) is 0 Å². The van der Waals surface area contributed by atoms with E-state index in [4.69, 9.17) is 20.6 Å². The van der Waals surface area contributed by atoms with Crippen molar-refractivity contribution in [2.45, 2.75) is 18.2 Å². The Morgan fingerprint density at radius 2 is 2.38 bits per heavy atom. The first-order chi connectivity index (χ1) is 6.18. The zero-order chi connectivity index (χ0) is 9.90. The number of hydrogen-bond acceptors (Lipinski definition) is 4. The van der Waals surface area contributed by atoms with Gasteiger partial charge >= 0.3 is 0 Å². The number of aliphatic hydroxyl groups excluding tert-OH is 1. The van der Waals surface area contributed by atoms with E-state index in [1.165, 1.54) is 14.2 Å². The van der Waals surface area contributed by atoms with E-state index in [-0.39, 0.29) is 0 Å². The molecule has 1 rings (SSSR count). The van der Waals surface area contributed by atoms with Crippen LogP contribution in [0.4, 0.5) is 0 Å². The van der Waals surface area contributed by atoms with Gasteiger partial charge in [0.2, 0.25) is 5.79 Å². The van der Waals surface area contributed by atoms with Crippen LogP contribution in [0.15, 0.2) is 12.2 Å². The topological polar surface area (TPSA) is 47.9 Å². The molecule has 0 fully saturated rings. The van der Waals surface area contributed by atoms with E-state index >= 15 is 0 Å². The molecule has 4 nitrogen and oxygen atoms in total. The number of aliphatic hydroxyl groups is 1. The van der Waals surface area contributed by atoms with E-state index in [0.717, 1.165) is 0 Å². The largest absolute Gasteiger partial charge is 0.375 e. The van der Waals surface area contributed by atoms with E-state index < -0.39 is 18.2 Å². The van der Waals surface area contributed by atoms with Crippen molar-refractivity contribution in [3.63, 3.8) is 0 Å². The Morgan fingerprint density at radius 3 is 2.77 bits per heavy atom. The molecule has 0 amide bonds. The number of methoxy groups -OCH3 is 2. The van der Waals surface area contributed by atoms with E-state index in [2.05, 4.69) is 5.92 Å². The van der Waals surface area contributed by atoms with Gasteiger partial charge in [0.25, 0.3) is 0 Å². The minimum Gasteiger partial charge on any atom is -0.375 e. The van der Waals surface area contributed by atoms with Crippen molar-refractivity contribution in [2.24, 2.45) is 0 Å². The Morgan fingerprint density at radius 1 is 1.69 bits per heavy atom. The van der Waals surface area contributed by atoms with Crippen LogP contribution in [0.25, 0.3) is 0 Å².